The summed E-state index contributed by atoms with van der Waals surface area (Å²) < 4.78 is 4.10. The minimum atomic E-state index is 0.0455. The van der Waals surface area contributed by atoms with Gasteiger partial charge in [0.15, 0.2) is 0 Å². The van der Waals surface area contributed by atoms with Crippen molar-refractivity contribution < 1.29 is 17.9 Å². The molecule has 64 heavy (non-hydrogen) atoms. The Kier molecular flexibility index (Phi) is 14.2. The van der Waals surface area contributed by atoms with Gasteiger partial charge in [-0.2, -0.15) is 0 Å². The van der Waals surface area contributed by atoms with Gasteiger partial charge in [-0.05, 0) is 156 Å². The molecule has 0 fully saturated rings. The normalized spacial score (nSPS) is 15.2. The van der Waals surface area contributed by atoms with Gasteiger partial charge in [-0.15, -0.1) is 0 Å². The summed E-state index contributed by atoms with van der Waals surface area (Å²) in [5, 5.41) is 0. The second-order valence-electron chi connectivity index (χ2n) is 24.2. The maximum Gasteiger partial charge on any atom is 0.0780 e. The summed E-state index contributed by atoms with van der Waals surface area (Å²) in [6.07, 6.45) is 14.8. The van der Waals surface area contributed by atoms with Crippen LogP contribution in [0.25, 0.3) is 44.5 Å². The number of rotatable bonds is 22. The molecule has 0 atom stereocenters. The van der Waals surface area contributed by atoms with E-state index in [0.29, 0.717) is 0 Å². The van der Waals surface area contributed by atoms with Gasteiger partial charge < -0.3 is 17.9 Å². The topological polar surface area (TPSA) is 0 Å². The highest BCUT2D eigenvalue weighted by Crippen LogP contribution is 2.56. The molecule has 0 aliphatic heterocycles. The van der Waals surface area contributed by atoms with Crippen LogP contribution in [0.3, 0.4) is 0 Å². The van der Waals surface area contributed by atoms with Gasteiger partial charge in [-0.1, -0.05) is 97.1 Å². The molecule has 5 aromatic rings. The SMILES string of the molecule is C[N+](C)(C)CCCCC1(CCCC[N+](C)(C)C)c2ccccc2-c2ccc(-c3ccc(-c4ccc5c(c4)C(CCCC[N+](C)(C)C)(CCCC[N+](C)(C)C)c4ccccc4-5)cc3)cc21. The second kappa shape index (κ2) is 19.0. The minimum Gasteiger partial charge on any atom is -0.331 e. The summed E-state index contributed by atoms with van der Waals surface area (Å²) in [6.45, 7) is 4.85. The Balaban J connectivity index is 1.21. The molecular weight excluding hydrogens is 777 g/mol. The van der Waals surface area contributed by atoms with E-state index in [1.54, 1.807) is 22.3 Å². The highest BCUT2D eigenvalue weighted by Gasteiger charge is 2.44. The van der Waals surface area contributed by atoms with E-state index < -0.39 is 0 Å². The molecule has 5 aromatic carbocycles. The van der Waals surface area contributed by atoms with Crippen LogP contribution in [0, 0.1) is 0 Å². The molecule has 0 radical (unpaired) electrons. The van der Waals surface area contributed by atoms with Gasteiger partial charge in [0, 0.05) is 10.8 Å². The lowest BCUT2D eigenvalue weighted by molar-refractivity contribution is -0.870. The smallest absolute Gasteiger partial charge is 0.0780 e. The zero-order valence-corrected chi connectivity index (χ0v) is 42.5. The standard InChI is InChI=1S/C60H86N4/c1-61(2,3)41-21-17-37-59(38-18-22-42-62(4,5)6)55-27-15-13-25-51(55)53-35-33-49(45-57(53)59)47-29-31-48(32-30-47)50-34-36-54-52-26-14-16-28-56(52)60(58(54)46-50,39-19-23-43-63(7,8)9)40-20-24-44-64(10,11)12/h13-16,25-36,45-46H,17-24,37-44H2,1-12H3/q+4. The molecule has 2 aliphatic carbocycles. The van der Waals surface area contributed by atoms with E-state index in [4.69, 9.17) is 0 Å². The summed E-state index contributed by atoms with van der Waals surface area (Å²) in [7, 11) is 28.0. The number of unbranched alkanes of at least 4 members (excludes halogenated alkanes) is 4. The highest BCUT2D eigenvalue weighted by molar-refractivity contribution is 5.86. The van der Waals surface area contributed by atoms with Crippen molar-refractivity contribution in [1.82, 2.24) is 0 Å². The van der Waals surface area contributed by atoms with Crippen molar-refractivity contribution in [2.45, 2.75) is 87.9 Å². The number of quaternary nitrogens is 4. The summed E-state index contributed by atoms with van der Waals surface area (Å²) in [6, 6.07) is 43.3. The first-order chi connectivity index (χ1) is 30.2. The van der Waals surface area contributed by atoms with Crippen molar-refractivity contribution in [2.24, 2.45) is 0 Å². The Morgan fingerprint density at radius 3 is 0.844 bits per heavy atom. The van der Waals surface area contributed by atoms with Crippen LogP contribution in [0.4, 0.5) is 0 Å². The Morgan fingerprint density at radius 1 is 0.281 bits per heavy atom. The van der Waals surface area contributed by atoms with Gasteiger partial charge in [0.2, 0.25) is 0 Å². The number of benzene rings is 5. The average Bonchev–Trinajstić information content (AvgIpc) is 3.66. The quantitative estimate of drug-likeness (QED) is 0.0480. The molecule has 7 rings (SSSR count). The van der Waals surface area contributed by atoms with Gasteiger partial charge in [0.25, 0.3) is 0 Å². The van der Waals surface area contributed by atoms with Crippen molar-refractivity contribution in [2.75, 3.05) is 111 Å². The minimum absolute atomic E-state index is 0.0455. The number of fused-ring (bicyclic) bond motifs is 6. The maximum atomic E-state index is 2.60. The predicted molar refractivity (Wildman–Crippen MR) is 277 cm³/mol. The maximum absolute atomic E-state index is 2.60. The third kappa shape index (κ3) is 11.1. The molecule has 0 saturated carbocycles. The van der Waals surface area contributed by atoms with Gasteiger partial charge in [0.05, 0.1) is 111 Å². The Morgan fingerprint density at radius 2 is 0.547 bits per heavy atom. The molecule has 2 aliphatic rings. The van der Waals surface area contributed by atoms with E-state index in [-0.39, 0.29) is 10.8 Å². The van der Waals surface area contributed by atoms with E-state index in [9.17, 15) is 0 Å². The Labute approximate surface area is 390 Å². The third-order valence-electron chi connectivity index (χ3n) is 14.8. The molecule has 0 unspecified atom stereocenters. The molecule has 4 heteroatoms. The molecule has 0 N–H and O–H groups in total. The van der Waals surface area contributed by atoms with Crippen LogP contribution >= 0.6 is 0 Å². The zero-order valence-electron chi connectivity index (χ0n) is 42.5. The van der Waals surface area contributed by atoms with Gasteiger partial charge in [-0.25, -0.2) is 0 Å². The summed E-state index contributed by atoms with van der Waals surface area (Å²) >= 11 is 0. The summed E-state index contributed by atoms with van der Waals surface area (Å²) in [4.78, 5) is 0. The van der Waals surface area contributed by atoms with Crippen LogP contribution in [0.5, 0.6) is 0 Å². The zero-order chi connectivity index (χ0) is 46.0. The van der Waals surface area contributed by atoms with Crippen molar-refractivity contribution in [3.05, 3.63) is 131 Å². The monoisotopic (exact) mass is 863 g/mol. The van der Waals surface area contributed by atoms with Crippen LogP contribution in [0.15, 0.2) is 109 Å². The first-order valence-electron chi connectivity index (χ1n) is 25.0. The van der Waals surface area contributed by atoms with Crippen LogP contribution in [0.2, 0.25) is 0 Å². The predicted octanol–water partition coefficient (Wildman–Crippen LogP) is 13.1. The fourth-order valence-electron chi connectivity index (χ4n) is 11.5. The average molecular weight is 863 g/mol. The van der Waals surface area contributed by atoms with Gasteiger partial charge in [0.1, 0.15) is 0 Å². The Hall–Kier alpha value is -4.06. The van der Waals surface area contributed by atoms with E-state index in [2.05, 4.69) is 194 Å². The largest absolute Gasteiger partial charge is 0.331 e. The van der Waals surface area contributed by atoms with E-state index >= 15 is 0 Å². The van der Waals surface area contributed by atoms with Crippen LogP contribution < -0.4 is 0 Å². The molecule has 342 valence electrons. The molecule has 0 heterocycles. The van der Waals surface area contributed by atoms with Crippen molar-refractivity contribution >= 4 is 0 Å². The molecule has 4 nitrogen and oxygen atoms in total. The van der Waals surface area contributed by atoms with Gasteiger partial charge in [-0.3, -0.25) is 0 Å². The number of hydrogen-bond donors (Lipinski definition) is 0. The first kappa shape index (κ1) is 47.9. The molecule has 0 amide bonds. The van der Waals surface area contributed by atoms with Crippen LogP contribution in [-0.2, 0) is 10.8 Å². The summed E-state index contributed by atoms with van der Waals surface area (Å²) in [5.41, 5.74) is 17.4. The highest BCUT2D eigenvalue weighted by atomic mass is 15.3. The summed E-state index contributed by atoms with van der Waals surface area (Å²) in [5.74, 6) is 0. The van der Waals surface area contributed by atoms with Crippen molar-refractivity contribution in [3.63, 3.8) is 0 Å². The number of hydrogen-bond acceptors (Lipinski definition) is 0. The van der Waals surface area contributed by atoms with Crippen LogP contribution in [0.1, 0.15) is 99.3 Å². The third-order valence-corrected chi connectivity index (χ3v) is 14.8. The number of nitrogens with zero attached hydrogens (tertiary/aromatic N) is 4. The van der Waals surface area contributed by atoms with E-state index in [0.717, 1.165) is 17.9 Å². The van der Waals surface area contributed by atoms with Gasteiger partial charge >= 0.3 is 0 Å². The van der Waals surface area contributed by atoms with Crippen molar-refractivity contribution in [1.29, 1.82) is 0 Å². The lowest BCUT2D eigenvalue weighted by atomic mass is 9.70. The molecule has 0 spiro atoms. The molecule has 0 bridgehead atoms. The lowest BCUT2D eigenvalue weighted by Crippen LogP contribution is -2.36. The van der Waals surface area contributed by atoms with Crippen molar-refractivity contribution in [3.8, 4) is 44.5 Å². The second-order valence-corrected chi connectivity index (χ2v) is 24.2. The lowest BCUT2D eigenvalue weighted by Gasteiger charge is -2.34. The van der Waals surface area contributed by atoms with Crippen LogP contribution in [-0.4, -0.2) is 129 Å². The molecule has 0 saturated heterocycles. The Bertz CT molecular complexity index is 2130. The fraction of sp³-hybridized carbons (Fsp3) is 0.500. The molecular formula is C60H86N4+4. The van der Waals surface area contributed by atoms with E-state index in [1.165, 1.54) is 148 Å². The fourth-order valence-corrected chi connectivity index (χ4v) is 11.5. The first-order valence-corrected chi connectivity index (χ1v) is 25.0. The van der Waals surface area contributed by atoms with E-state index in [1.807, 2.05) is 0 Å². The molecule has 0 aromatic heterocycles.